The average Bonchev–Trinajstić information content (AvgIpc) is 2.50. The van der Waals surface area contributed by atoms with Crippen molar-refractivity contribution >= 4 is 5.78 Å². The Hall–Kier alpha value is -1.71. The SMILES string of the molecule is CC(=O)c1c(O)ccc2c1OCO2. The summed E-state index contributed by atoms with van der Waals surface area (Å²) in [5, 5.41) is 9.39. The molecule has 1 aromatic rings. The molecule has 0 atom stereocenters. The van der Waals surface area contributed by atoms with Crippen LogP contribution in [0.3, 0.4) is 0 Å². The van der Waals surface area contributed by atoms with Gasteiger partial charge in [-0.3, -0.25) is 4.79 Å². The lowest BCUT2D eigenvalue weighted by atomic mass is 10.1. The number of ketones is 1. The van der Waals surface area contributed by atoms with E-state index in [1.54, 1.807) is 6.07 Å². The van der Waals surface area contributed by atoms with E-state index in [2.05, 4.69) is 0 Å². The number of rotatable bonds is 1. The van der Waals surface area contributed by atoms with Gasteiger partial charge < -0.3 is 14.6 Å². The van der Waals surface area contributed by atoms with Crippen LogP contribution in [0.1, 0.15) is 17.3 Å². The topological polar surface area (TPSA) is 55.8 Å². The minimum absolute atomic E-state index is 0.0725. The van der Waals surface area contributed by atoms with Crippen molar-refractivity contribution in [3.8, 4) is 17.2 Å². The number of ether oxygens (including phenoxy) is 2. The van der Waals surface area contributed by atoms with Gasteiger partial charge in [-0.2, -0.15) is 0 Å². The van der Waals surface area contributed by atoms with Gasteiger partial charge in [0, 0.05) is 0 Å². The first-order valence-electron chi connectivity index (χ1n) is 3.82. The van der Waals surface area contributed by atoms with Gasteiger partial charge in [0.1, 0.15) is 11.3 Å². The molecule has 1 heterocycles. The summed E-state index contributed by atoms with van der Waals surface area (Å²) in [6, 6.07) is 2.99. The first kappa shape index (κ1) is 7.91. The third kappa shape index (κ3) is 1.11. The molecule has 0 spiro atoms. The third-order valence-electron chi connectivity index (χ3n) is 1.87. The van der Waals surface area contributed by atoms with Crippen LogP contribution in [0.4, 0.5) is 0 Å². The van der Waals surface area contributed by atoms with E-state index in [0.717, 1.165) is 0 Å². The normalized spacial score (nSPS) is 13.0. The number of phenolic OH excluding ortho intramolecular Hbond substituents is 1. The summed E-state index contributed by atoms with van der Waals surface area (Å²) in [5.74, 6) is 0.534. The maximum atomic E-state index is 11.1. The number of carbonyl (C=O) groups excluding carboxylic acids is 1. The summed E-state index contributed by atoms with van der Waals surface area (Å²) in [7, 11) is 0. The highest BCUT2D eigenvalue weighted by atomic mass is 16.7. The molecule has 0 radical (unpaired) electrons. The lowest BCUT2D eigenvalue weighted by Gasteiger charge is -2.03. The number of Topliss-reactive ketones (excluding diaryl/α,β-unsaturated/α-hetero) is 1. The number of benzene rings is 1. The zero-order chi connectivity index (χ0) is 9.42. The van der Waals surface area contributed by atoms with Gasteiger partial charge in [-0.05, 0) is 19.1 Å². The zero-order valence-corrected chi connectivity index (χ0v) is 7.03. The van der Waals surface area contributed by atoms with Gasteiger partial charge in [-0.25, -0.2) is 0 Å². The van der Waals surface area contributed by atoms with Crippen LogP contribution in [0, 0.1) is 0 Å². The third-order valence-corrected chi connectivity index (χ3v) is 1.87. The minimum Gasteiger partial charge on any atom is -0.507 e. The van der Waals surface area contributed by atoms with Crippen LogP contribution in [0.2, 0.25) is 0 Å². The van der Waals surface area contributed by atoms with E-state index in [0.29, 0.717) is 11.5 Å². The fourth-order valence-electron chi connectivity index (χ4n) is 1.30. The predicted molar refractivity (Wildman–Crippen MR) is 44.2 cm³/mol. The monoisotopic (exact) mass is 180 g/mol. The Labute approximate surface area is 74.7 Å². The van der Waals surface area contributed by atoms with E-state index >= 15 is 0 Å². The molecule has 0 aromatic heterocycles. The van der Waals surface area contributed by atoms with E-state index < -0.39 is 0 Å². The minimum atomic E-state index is -0.236. The first-order chi connectivity index (χ1) is 6.20. The van der Waals surface area contributed by atoms with Crippen molar-refractivity contribution in [2.45, 2.75) is 6.92 Å². The second kappa shape index (κ2) is 2.65. The van der Waals surface area contributed by atoms with Crippen molar-refractivity contribution in [2.24, 2.45) is 0 Å². The van der Waals surface area contributed by atoms with Crippen LogP contribution >= 0.6 is 0 Å². The van der Waals surface area contributed by atoms with Gasteiger partial charge in [0.2, 0.25) is 6.79 Å². The van der Waals surface area contributed by atoms with E-state index in [4.69, 9.17) is 9.47 Å². The quantitative estimate of drug-likeness (QED) is 0.662. The summed E-state index contributed by atoms with van der Waals surface area (Å²) < 4.78 is 10.1. The molecule has 2 rings (SSSR count). The lowest BCUT2D eigenvalue weighted by Crippen LogP contribution is -1.97. The molecular weight excluding hydrogens is 172 g/mol. The molecule has 0 fully saturated rings. The molecule has 1 aliphatic heterocycles. The lowest BCUT2D eigenvalue weighted by molar-refractivity contribution is 0.101. The molecule has 4 nitrogen and oxygen atoms in total. The summed E-state index contributed by atoms with van der Waals surface area (Å²) in [4.78, 5) is 11.1. The largest absolute Gasteiger partial charge is 0.507 e. The maximum Gasteiger partial charge on any atom is 0.231 e. The molecule has 13 heavy (non-hydrogen) atoms. The Morgan fingerprint density at radius 3 is 2.92 bits per heavy atom. The van der Waals surface area contributed by atoms with Gasteiger partial charge in [0.05, 0.1) is 0 Å². The number of hydrogen-bond acceptors (Lipinski definition) is 4. The molecule has 4 heteroatoms. The molecule has 1 aromatic carbocycles. The predicted octanol–water partition coefficient (Wildman–Crippen LogP) is 1.32. The molecular formula is C9H8O4. The van der Waals surface area contributed by atoms with Crippen molar-refractivity contribution < 1.29 is 19.4 Å². The van der Waals surface area contributed by atoms with Crippen molar-refractivity contribution in [3.63, 3.8) is 0 Å². The number of fused-ring (bicyclic) bond motifs is 1. The van der Waals surface area contributed by atoms with Crippen molar-refractivity contribution in [1.82, 2.24) is 0 Å². The highest BCUT2D eigenvalue weighted by Crippen LogP contribution is 2.40. The summed E-state index contributed by atoms with van der Waals surface area (Å²) in [5.41, 5.74) is 0.190. The summed E-state index contributed by atoms with van der Waals surface area (Å²) >= 11 is 0. The smallest absolute Gasteiger partial charge is 0.231 e. The van der Waals surface area contributed by atoms with Gasteiger partial charge in [0.15, 0.2) is 17.3 Å². The molecule has 1 aliphatic rings. The van der Waals surface area contributed by atoms with E-state index in [1.165, 1.54) is 13.0 Å². The second-order valence-electron chi connectivity index (χ2n) is 2.75. The molecule has 0 saturated heterocycles. The molecule has 0 aliphatic carbocycles. The van der Waals surface area contributed by atoms with Crippen molar-refractivity contribution in [1.29, 1.82) is 0 Å². The van der Waals surface area contributed by atoms with Crippen LogP contribution in [0.25, 0.3) is 0 Å². The number of carbonyl (C=O) groups is 1. The summed E-state index contributed by atoms with van der Waals surface area (Å²) in [6.45, 7) is 1.47. The fraction of sp³-hybridized carbons (Fsp3) is 0.222. The molecule has 1 N–H and O–H groups in total. The van der Waals surface area contributed by atoms with Crippen LogP contribution in [0.15, 0.2) is 12.1 Å². The van der Waals surface area contributed by atoms with Gasteiger partial charge in [-0.15, -0.1) is 0 Å². The number of aromatic hydroxyl groups is 1. The molecule has 0 unspecified atom stereocenters. The fourth-order valence-corrected chi connectivity index (χ4v) is 1.30. The molecule has 0 amide bonds. The van der Waals surface area contributed by atoms with Crippen LogP contribution < -0.4 is 9.47 Å². The zero-order valence-electron chi connectivity index (χ0n) is 7.03. The highest BCUT2D eigenvalue weighted by Gasteiger charge is 2.23. The Kier molecular flexibility index (Phi) is 1.62. The van der Waals surface area contributed by atoms with E-state index in [1.807, 2.05) is 0 Å². The van der Waals surface area contributed by atoms with E-state index in [9.17, 15) is 9.90 Å². The van der Waals surface area contributed by atoms with Gasteiger partial charge in [-0.1, -0.05) is 0 Å². The Morgan fingerprint density at radius 1 is 1.46 bits per heavy atom. The molecule has 0 saturated carbocycles. The molecule has 68 valence electrons. The standard InChI is InChI=1S/C9H8O4/c1-5(10)8-6(11)2-3-7-9(8)13-4-12-7/h2-3,11H,4H2,1H3. The first-order valence-corrected chi connectivity index (χ1v) is 3.82. The second-order valence-corrected chi connectivity index (χ2v) is 2.75. The van der Waals surface area contributed by atoms with Crippen LogP contribution in [0.5, 0.6) is 17.2 Å². The van der Waals surface area contributed by atoms with Gasteiger partial charge >= 0.3 is 0 Å². The Balaban J connectivity index is 2.65. The highest BCUT2D eigenvalue weighted by molar-refractivity contribution is 6.00. The van der Waals surface area contributed by atoms with Crippen molar-refractivity contribution in [2.75, 3.05) is 6.79 Å². The number of phenols is 1. The van der Waals surface area contributed by atoms with Crippen molar-refractivity contribution in [3.05, 3.63) is 17.7 Å². The van der Waals surface area contributed by atoms with Crippen LogP contribution in [-0.2, 0) is 0 Å². The Morgan fingerprint density at radius 2 is 2.23 bits per heavy atom. The average molecular weight is 180 g/mol. The van der Waals surface area contributed by atoms with Crippen LogP contribution in [-0.4, -0.2) is 17.7 Å². The summed E-state index contributed by atoms with van der Waals surface area (Å²) in [6.07, 6.45) is 0. The Bertz CT molecular complexity index is 370. The maximum absolute atomic E-state index is 11.1. The number of hydrogen-bond donors (Lipinski definition) is 1. The van der Waals surface area contributed by atoms with Gasteiger partial charge in [0.25, 0.3) is 0 Å². The molecule has 0 bridgehead atoms. The van der Waals surface area contributed by atoms with E-state index in [-0.39, 0.29) is 23.9 Å².